The van der Waals surface area contributed by atoms with E-state index in [-0.39, 0.29) is 17.4 Å². The lowest BCUT2D eigenvalue weighted by molar-refractivity contribution is 0.0947. The zero-order chi connectivity index (χ0) is 21.1. The van der Waals surface area contributed by atoms with Crippen LogP contribution in [0.5, 0.6) is 0 Å². The van der Waals surface area contributed by atoms with Crippen LogP contribution in [-0.4, -0.2) is 26.8 Å². The molecule has 0 aliphatic carbocycles. The highest BCUT2D eigenvalue weighted by Crippen LogP contribution is 2.16. The number of nitrogens with zero attached hydrogens (tertiary/aromatic N) is 3. The molecule has 0 aliphatic rings. The Labute approximate surface area is 175 Å². The number of fused-ring (bicyclic) bond motifs is 2. The molecule has 6 nitrogen and oxygen atoms in total. The highest BCUT2D eigenvalue weighted by molar-refractivity contribution is 6.04. The van der Waals surface area contributed by atoms with Crippen molar-refractivity contribution in [2.24, 2.45) is 5.92 Å². The molecular formula is C24H26N4O2. The molecule has 0 fully saturated rings. The van der Waals surface area contributed by atoms with Crippen LogP contribution in [0.15, 0.2) is 65.6 Å². The van der Waals surface area contributed by atoms with E-state index in [2.05, 4.69) is 39.4 Å². The number of carbonyl (C=O) groups is 1. The summed E-state index contributed by atoms with van der Waals surface area (Å²) in [6, 6.07) is 17.5. The van der Waals surface area contributed by atoms with Gasteiger partial charge in [0.1, 0.15) is 0 Å². The Morgan fingerprint density at radius 2 is 1.77 bits per heavy atom. The average Bonchev–Trinajstić information content (AvgIpc) is 3.16. The number of hydrogen-bond acceptors (Lipinski definition) is 3. The van der Waals surface area contributed by atoms with Gasteiger partial charge in [-0.1, -0.05) is 50.2 Å². The first-order chi connectivity index (χ1) is 14.5. The van der Waals surface area contributed by atoms with E-state index in [9.17, 15) is 9.59 Å². The van der Waals surface area contributed by atoms with Gasteiger partial charge in [0, 0.05) is 36.7 Å². The van der Waals surface area contributed by atoms with Crippen molar-refractivity contribution >= 4 is 27.6 Å². The van der Waals surface area contributed by atoms with Crippen molar-refractivity contribution in [3.05, 3.63) is 76.8 Å². The van der Waals surface area contributed by atoms with Gasteiger partial charge in [0.05, 0.1) is 5.39 Å². The van der Waals surface area contributed by atoms with Crippen molar-refractivity contribution < 1.29 is 4.79 Å². The van der Waals surface area contributed by atoms with Crippen LogP contribution in [0.3, 0.4) is 0 Å². The Balaban J connectivity index is 1.49. The monoisotopic (exact) mass is 402 g/mol. The highest BCUT2D eigenvalue weighted by Gasteiger charge is 2.16. The van der Waals surface area contributed by atoms with Crippen LogP contribution in [-0.2, 0) is 13.1 Å². The summed E-state index contributed by atoms with van der Waals surface area (Å²) in [4.78, 5) is 25.6. The molecule has 0 spiro atoms. The Hall–Kier alpha value is -3.41. The molecule has 154 valence electrons. The number of rotatable bonds is 7. The van der Waals surface area contributed by atoms with E-state index in [1.807, 2.05) is 38.1 Å². The standard InChI is InChI=1S/C24H26N4O2/c1-17(2)16-28-24(30)20-10-5-4-9-19(20)22(26-28)23(29)25-13-7-14-27-15-12-18-8-3-6-11-21(18)27/h3-6,8-12,15,17H,7,13-14,16H2,1-2H3,(H,25,29). The lowest BCUT2D eigenvalue weighted by Crippen LogP contribution is -2.32. The number of amides is 1. The fourth-order valence-electron chi connectivity index (χ4n) is 3.74. The maximum Gasteiger partial charge on any atom is 0.274 e. The Kier molecular flexibility index (Phi) is 5.65. The predicted molar refractivity (Wildman–Crippen MR) is 120 cm³/mol. The fourth-order valence-corrected chi connectivity index (χ4v) is 3.74. The van der Waals surface area contributed by atoms with Gasteiger partial charge < -0.3 is 9.88 Å². The SMILES string of the molecule is CC(C)Cn1nc(C(=O)NCCCn2ccc3ccccc32)c2ccccc2c1=O. The molecule has 0 saturated heterocycles. The third kappa shape index (κ3) is 3.99. The summed E-state index contributed by atoms with van der Waals surface area (Å²) in [5.74, 6) is 0.00439. The van der Waals surface area contributed by atoms with E-state index >= 15 is 0 Å². The molecule has 1 amide bonds. The fraction of sp³-hybridized carbons (Fsp3) is 0.292. The van der Waals surface area contributed by atoms with Crippen LogP contribution >= 0.6 is 0 Å². The first kappa shape index (κ1) is 19.9. The van der Waals surface area contributed by atoms with Crippen LogP contribution in [0, 0.1) is 5.92 Å². The third-order valence-corrected chi connectivity index (χ3v) is 5.16. The summed E-state index contributed by atoms with van der Waals surface area (Å²) in [6.45, 7) is 5.87. The molecule has 2 aromatic heterocycles. The smallest absolute Gasteiger partial charge is 0.274 e. The zero-order valence-corrected chi connectivity index (χ0v) is 17.3. The topological polar surface area (TPSA) is 68.9 Å². The minimum absolute atomic E-state index is 0.157. The summed E-state index contributed by atoms with van der Waals surface area (Å²) < 4.78 is 3.60. The molecule has 2 aromatic carbocycles. The molecular weight excluding hydrogens is 376 g/mol. The zero-order valence-electron chi connectivity index (χ0n) is 17.3. The second kappa shape index (κ2) is 8.53. The quantitative estimate of drug-likeness (QED) is 0.478. The number of aromatic nitrogens is 3. The maximum absolute atomic E-state index is 12.9. The molecule has 2 heterocycles. The van der Waals surface area contributed by atoms with Crippen molar-refractivity contribution in [3.63, 3.8) is 0 Å². The number of nitrogens with one attached hydrogen (secondary N) is 1. The molecule has 4 aromatic rings. The van der Waals surface area contributed by atoms with E-state index in [0.717, 1.165) is 13.0 Å². The average molecular weight is 402 g/mol. The molecule has 0 atom stereocenters. The van der Waals surface area contributed by atoms with Gasteiger partial charge in [0.15, 0.2) is 5.69 Å². The summed E-state index contributed by atoms with van der Waals surface area (Å²) >= 11 is 0. The van der Waals surface area contributed by atoms with Gasteiger partial charge in [0.25, 0.3) is 11.5 Å². The van der Waals surface area contributed by atoms with Crippen LogP contribution in [0.1, 0.15) is 30.8 Å². The van der Waals surface area contributed by atoms with Gasteiger partial charge in [-0.05, 0) is 35.9 Å². The summed E-state index contributed by atoms with van der Waals surface area (Å²) in [5.41, 5.74) is 1.34. The van der Waals surface area contributed by atoms with Crippen molar-refractivity contribution in [3.8, 4) is 0 Å². The van der Waals surface area contributed by atoms with Crippen molar-refractivity contribution in [2.45, 2.75) is 33.4 Å². The van der Waals surface area contributed by atoms with Crippen molar-refractivity contribution in [2.75, 3.05) is 6.54 Å². The lowest BCUT2D eigenvalue weighted by Gasteiger charge is -2.13. The van der Waals surface area contributed by atoms with Gasteiger partial charge >= 0.3 is 0 Å². The number of aryl methyl sites for hydroxylation is 1. The third-order valence-electron chi connectivity index (χ3n) is 5.16. The number of para-hydroxylation sites is 1. The van der Waals surface area contributed by atoms with Gasteiger partial charge in [-0.25, -0.2) is 4.68 Å². The lowest BCUT2D eigenvalue weighted by atomic mass is 10.1. The molecule has 0 saturated carbocycles. The predicted octanol–water partition coefficient (Wildman–Crippen LogP) is 3.83. The van der Waals surface area contributed by atoms with Gasteiger partial charge in [-0.3, -0.25) is 9.59 Å². The Bertz CT molecular complexity index is 1250. The van der Waals surface area contributed by atoms with E-state index < -0.39 is 0 Å². The van der Waals surface area contributed by atoms with Gasteiger partial charge in [-0.15, -0.1) is 0 Å². The molecule has 0 unspecified atom stereocenters. The Morgan fingerprint density at radius 3 is 2.57 bits per heavy atom. The highest BCUT2D eigenvalue weighted by atomic mass is 16.2. The van der Waals surface area contributed by atoms with Crippen molar-refractivity contribution in [1.82, 2.24) is 19.7 Å². The maximum atomic E-state index is 12.9. The largest absolute Gasteiger partial charge is 0.351 e. The molecule has 4 rings (SSSR count). The number of benzene rings is 2. The molecule has 0 bridgehead atoms. The van der Waals surface area contributed by atoms with Gasteiger partial charge in [-0.2, -0.15) is 5.10 Å². The van der Waals surface area contributed by atoms with Gasteiger partial charge in [0.2, 0.25) is 0 Å². The Morgan fingerprint density at radius 1 is 1.03 bits per heavy atom. The minimum Gasteiger partial charge on any atom is -0.351 e. The molecule has 30 heavy (non-hydrogen) atoms. The molecule has 0 radical (unpaired) electrons. The summed E-state index contributed by atoms with van der Waals surface area (Å²) in [5, 5.41) is 9.70. The summed E-state index contributed by atoms with van der Waals surface area (Å²) in [6.07, 6.45) is 2.87. The molecule has 1 N–H and O–H groups in total. The minimum atomic E-state index is -0.249. The van der Waals surface area contributed by atoms with Crippen LogP contribution < -0.4 is 10.9 Å². The second-order valence-corrected chi connectivity index (χ2v) is 7.95. The van der Waals surface area contributed by atoms with Crippen LogP contribution in [0.2, 0.25) is 0 Å². The number of carbonyl (C=O) groups excluding carboxylic acids is 1. The van der Waals surface area contributed by atoms with E-state index in [0.29, 0.717) is 29.6 Å². The second-order valence-electron chi connectivity index (χ2n) is 7.95. The first-order valence-electron chi connectivity index (χ1n) is 10.4. The molecule has 0 aliphatic heterocycles. The van der Waals surface area contributed by atoms with E-state index in [1.54, 1.807) is 12.1 Å². The van der Waals surface area contributed by atoms with Crippen molar-refractivity contribution in [1.29, 1.82) is 0 Å². The van der Waals surface area contributed by atoms with E-state index in [4.69, 9.17) is 0 Å². The first-order valence-corrected chi connectivity index (χ1v) is 10.4. The number of hydrogen-bond donors (Lipinski definition) is 1. The molecule has 6 heteroatoms. The van der Waals surface area contributed by atoms with Crippen LogP contribution in [0.4, 0.5) is 0 Å². The normalized spacial score (nSPS) is 11.4. The summed E-state index contributed by atoms with van der Waals surface area (Å²) in [7, 11) is 0. The van der Waals surface area contributed by atoms with Crippen LogP contribution in [0.25, 0.3) is 21.7 Å². The van der Waals surface area contributed by atoms with E-state index in [1.165, 1.54) is 15.6 Å².